The maximum atomic E-state index is 5.97. The number of benzene rings is 2. The Balaban J connectivity index is 0.00000363. The number of halogens is 2. The Morgan fingerprint density at radius 3 is 2.41 bits per heavy atom. The summed E-state index contributed by atoms with van der Waals surface area (Å²) in [6.07, 6.45) is 3.51. The van der Waals surface area contributed by atoms with Gasteiger partial charge in [0.1, 0.15) is 17.9 Å². The van der Waals surface area contributed by atoms with Crippen molar-refractivity contribution in [2.75, 3.05) is 20.2 Å². The fraction of sp³-hybridized carbons (Fsp3) is 0.348. The van der Waals surface area contributed by atoms with E-state index in [1.165, 1.54) is 5.56 Å². The smallest absolute Gasteiger partial charge is 0.191 e. The van der Waals surface area contributed by atoms with Gasteiger partial charge >= 0.3 is 0 Å². The molecular formula is C23H30ClIN6O. The molecule has 0 saturated heterocycles. The maximum Gasteiger partial charge on any atom is 0.191 e. The largest absolute Gasteiger partial charge is 0.497 e. The fourth-order valence-electron chi connectivity index (χ4n) is 3.09. The van der Waals surface area contributed by atoms with E-state index in [4.69, 9.17) is 21.3 Å². The third-order valence-electron chi connectivity index (χ3n) is 4.86. The summed E-state index contributed by atoms with van der Waals surface area (Å²) in [5, 5.41) is 15.7. The molecular weight excluding hydrogens is 539 g/mol. The van der Waals surface area contributed by atoms with Crippen LogP contribution < -0.4 is 15.4 Å². The van der Waals surface area contributed by atoms with E-state index in [0.717, 1.165) is 60.6 Å². The highest BCUT2D eigenvalue weighted by atomic mass is 127. The summed E-state index contributed by atoms with van der Waals surface area (Å²) in [5.41, 5.74) is 2.34. The van der Waals surface area contributed by atoms with Gasteiger partial charge in [-0.1, -0.05) is 42.8 Å². The molecule has 0 unspecified atom stereocenters. The van der Waals surface area contributed by atoms with Gasteiger partial charge in [0, 0.05) is 31.1 Å². The van der Waals surface area contributed by atoms with Crippen LogP contribution in [0.3, 0.4) is 0 Å². The van der Waals surface area contributed by atoms with E-state index in [9.17, 15) is 0 Å². The van der Waals surface area contributed by atoms with Crippen LogP contribution in [0, 0.1) is 0 Å². The molecule has 32 heavy (non-hydrogen) atoms. The first-order valence-corrected chi connectivity index (χ1v) is 10.8. The van der Waals surface area contributed by atoms with Gasteiger partial charge in [0.2, 0.25) is 0 Å². The Bertz CT molecular complexity index is 959. The average molecular weight is 569 g/mol. The average Bonchev–Trinajstić information content (AvgIpc) is 3.26. The molecule has 1 aromatic heterocycles. The molecule has 2 aromatic carbocycles. The topological polar surface area (TPSA) is 76.4 Å². The van der Waals surface area contributed by atoms with Gasteiger partial charge in [-0.25, -0.2) is 4.99 Å². The molecule has 2 N–H and O–H groups in total. The normalized spacial score (nSPS) is 11.0. The zero-order chi connectivity index (χ0) is 21.9. The van der Waals surface area contributed by atoms with Gasteiger partial charge < -0.3 is 19.9 Å². The molecule has 0 atom stereocenters. The molecule has 0 bridgehead atoms. The molecule has 0 aliphatic carbocycles. The lowest BCUT2D eigenvalue weighted by Gasteiger charge is -2.14. The highest BCUT2D eigenvalue weighted by molar-refractivity contribution is 14.0. The molecule has 0 saturated carbocycles. The van der Waals surface area contributed by atoms with Gasteiger partial charge in [0.05, 0.1) is 13.7 Å². The van der Waals surface area contributed by atoms with E-state index in [1.807, 2.05) is 48.5 Å². The lowest BCUT2D eigenvalue weighted by Crippen LogP contribution is -2.40. The van der Waals surface area contributed by atoms with Crippen molar-refractivity contribution in [3.05, 3.63) is 76.8 Å². The number of hydrogen-bond donors (Lipinski definition) is 2. The van der Waals surface area contributed by atoms with Crippen LogP contribution in [-0.2, 0) is 25.9 Å². The molecule has 1 heterocycles. The second-order valence-electron chi connectivity index (χ2n) is 7.04. The zero-order valence-electron chi connectivity index (χ0n) is 18.4. The number of aromatic nitrogens is 3. The third kappa shape index (κ3) is 8.31. The molecule has 172 valence electrons. The predicted molar refractivity (Wildman–Crippen MR) is 140 cm³/mol. The van der Waals surface area contributed by atoms with E-state index in [1.54, 1.807) is 13.4 Å². The highest BCUT2D eigenvalue weighted by Crippen LogP contribution is 2.12. The van der Waals surface area contributed by atoms with Gasteiger partial charge in [0.15, 0.2) is 5.96 Å². The number of nitrogens with zero attached hydrogens (tertiary/aromatic N) is 4. The Hall–Kier alpha value is -2.33. The van der Waals surface area contributed by atoms with Gasteiger partial charge in [-0.05, 0) is 41.8 Å². The first-order valence-electron chi connectivity index (χ1n) is 10.4. The van der Waals surface area contributed by atoms with Crippen LogP contribution in [0.5, 0.6) is 5.75 Å². The van der Waals surface area contributed by atoms with Crippen molar-refractivity contribution < 1.29 is 4.74 Å². The Kier molecular flexibility index (Phi) is 11.3. The molecule has 7 nitrogen and oxygen atoms in total. The van der Waals surface area contributed by atoms with Gasteiger partial charge in [-0.2, -0.15) is 0 Å². The van der Waals surface area contributed by atoms with E-state index in [2.05, 4.69) is 32.3 Å². The number of rotatable bonds is 10. The summed E-state index contributed by atoms with van der Waals surface area (Å²) < 4.78 is 7.28. The van der Waals surface area contributed by atoms with Gasteiger partial charge in [0.25, 0.3) is 0 Å². The number of methoxy groups -OCH3 is 1. The Morgan fingerprint density at radius 2 is 1.72 bits per heavy atom. The zero-order valence-corrected chi connectivity index (χ0v) is 21.5. The molecule has 9 heteroatoms. The quantitative estimate of drug-likeness (QED) is 0.219. The number of guanidine groups is 1. The minimum absolute atomic E-state index is 0. The van der Waals surface area contributed by atoms with Crippen LogP contribution in [0.4, 0.5) is 0 Å². The number of aliphatic imine (C=N–C) groups is 1. The first-order chi connectivity index (χ1) is 15.2. The van der Waals surface area contributed by atoms with Crippen LogP contribution in [0.2, 0.25) is 5.02 Å². The summed E-state index contributed by atoms with van der Waals surface area (Å²) >= 11 is 5.97. The molecule has 0 amide bonds. The van der Waals surface area contributed by atoms with E-state index < -0.39 is 0 Å². The molecule has 0 aliphatic heterocycles. The monoisotopic (exact) mass is 568 g/mol. The highest BCUT2D eigenvalue weighted by Gasteiger charge is 2.04. The van der Waals surface area contributed by atoms with Crippen molar-refractivity contribution in [2.45, 2.75) is 32.9 Å². The molecule has 3 aromatic rings. The van der Waals surface area contributed by atoms with Crippen molar-refractivity contribution in [3.63, 3.8) is 0 Å². The van der Waals surface area contributed by atoms with Crippen molar-refractivity contribution in [3.8, 4) is 5.75 Å². The SMILES string of the molecule is CCc1nncn1CCNC(=NCc1ccc(OC)cc1)NCCc1ccc(Cl)cc1.I. The van der Waals surface area contributed by atoms with Crippen molar-refractivity contribution in [1.29, 1.82) is 0 Å². The van der Waals surface area contributed by atoms with Crippen molar-refractivity contribution in [1.82, 2.24) is 25.4 Å². The second kappa shape index (κ2) is 13.9. The van der Waals surface area contributed by atoms with Gasteiger partial charge in [-0.15, -0.1) is 34.2 Å². The maximum absolute atomic E-state index is 5.97. The summed E-state index contributed by atoms with van der Waals surface area (Å²) in [6, 6.07) is 15.9. The van der Waals surface area contributed by atoms with E-state index >= 15 is 0 Å². The number of nitrogens with one attached hydrogen (secondary N) is 2. The molecule has 0 radical (unpaired) electrons. The van der Waals surface area contributed by atoms with Crippen LogP contribution in [-0.4, -0.2) is 40.9 Å². The first kappa shape index (κ1) is 25.9. The lowest BCUT2D eigenvalue weighted by molar-refractivity contribution is 0.414. The molecule has 3 rings (SSSR count). The summed E-state index contributed by atoms with van der Waals surface area (Å²) in [4.78, 5) is 4.75. The van der Waals surface area contributed by atoms with E-state index in [0.29, 0.717) is 6.54 Å². The fourth-order valence-corrected chi connectivity index (χ4v) is 3.21. The number of aryl methyl sites for hydroxylation is 1. The summed E-state index contributed by atoms with van der Waals surface area (Å²) in [6.45, 7) is 4.92. The Labute approximate surface area is 211 Å². The summed E-state index contributed by atoms with van der Waals surface area (Å²) in [7, 11) is 1.67. The van der Waals surface area contributed by atoms with Crippen LogP contribution in [0.1, 0.15) is 23.9 Å². The van der Waals surface area contributed by atoms with Gasteiger partial charge in [-0.3, -0.25) is 0 Å². The number of hydrogen-bond acceptors (Lipinski definition) is 4. The van der Waals surface area contributed by atoms with Crippen molar-refractivity contribution >= 4 is 41.5 Å². The minimum atomic E-state index is 0. The molecule has 0 spiro atoms. The molecule has 0 fully saturated rings. The van der Waals surface area contributed by atoms with E-state index in [-0.39, 0.29) is 24.0 Å². The second-order valence-corrected chi connectivity index (χ2v) is 7.47. The Morgan fingerprint density at radius 1 is 1.03 bits per heavy atom. The minimum Gasteiger partial charge on any atom is -0.497 e. The standard InChI is InChI=1S/C23H29ClN6O.HI/c1-3-22-29-28-17-30(22)15-14-26-23(25-13-12-18-4-8-20(24)9-5-18)27-16-19-6-10-21(31-2)11-7-19;/h4-11,17H,3,12-16H2,1-2H3,(H2,25,26,27);1H. The van der Waals surface area contributed by atoms with Crippen molar-refractivity contribution in [2.24, 2.45) is 4.99 Å². The van der Waals surface area contributed by atoms with Crippen LogP contribution in [0.25, 0.3) is 0 Å². The molecule has 0 aliphatic rings. The third-order valence-corrected chi connectivity index (χ3v) is 5.11. The number of ether oxygens (including phenoxy) is 1. The van der Waals surface area contributed by atoms with Crippen LogP contribution in [0.15, 0.2) is 59.9 Å². The summed E-state index contributed by atoms with van der Waals surface area (Å²) in [5.74, 6) is 2.60. The lowest BCUT2D eigenvalue weighted by atomic mass is 10.1. The predicted octanol–water partition coefficient (Wildman–Crippen LogP) is 4.10. The van der Waals surface area contributed by atoms with Crippen LogP contribution >= 0.6 is 35.6 Å².